The van der Waals surface area contributed by atoms with E-state index in [1.807, 2.05) is 26.2 Å². The van der Waals surface area contributed by atoms with Gasteiger partial charge in [0, 0.05) is 34.2 Å². The number of guanidine groups is 1. The number of aliphatic imine (C=N–C) groups is 1. The van der Waals surface area contributed by atoms with E-state index >= 15 is 0 Å². The van der Waals surface area contributed by atoms with Crippen molar-refractivity contribution in [3.63, 3.8) is 0 Å². The molecule has 0 aromatic heterocycles. The van der Waals surface area contributed by atoms with Crippen LogP contribution in [0.2, 0.25) is 0 Å². The number of amides is 1. The highest BCUT2D eigenvalue weighted by atomic mass is 127. The van der Waals surface area contributed by atoms with Gasteiger partial charge < -0.3 is 20.3 Å². The summed E-state index contributed by atoms with van der Waals surface area (Å²) in [4.78, 5) is 18.7. The van der Waals surface area contributed by atoms with E-state index in [0.717, 1.165) is 63.4 Å². The molecule has 1 aromatic rings. The van der Waals surface area contributed by atoms with Crippen LogP contribution in [0.15, 0.2) is 29.3 Å². The predicted octanol–water partition coefficient (Wildman–Crippen LogP) is 3.45. The Balaban J connectivity index is 0.00000420. The normalized spacial score (nSPS) is 15.4. The summed E-state index contributed by atoms with van der Waals surface area (Å²) in [5.74, 6) is 1.89. The summed E-state index contributed by atoms with van der Waals surface area (Å²) in [6, 6.07) is 8.23. The average Bonchev–Trinajstić information content (AvgIpc) is 3.18. The molecular weight excluding hydrogens is 479 g/mol. The number of hydrogen-bond acceptors (Lipinski definition) is 3. The Morgan fingerprint density at radius 2 is 1.97 bits per heavy atom. The fraction of sp³-hybridized carbons (Fsp3) is 0.636. The zero-order chi connectivity index (χ0) is 20.4. The number of carbonyl (C=O) groups excluding carboxylic acids is 1. The number of ether oxygens (including phenoxy) is 1. The molecular formula is C22H37IN4O2. The lowest BCUT2D eigenvalue weighted by Crippen LogP contribution is -2.49. The lowest BCUT2D eigenvalue weighted by atomic mass is 9.84. The van der Waals surface area contributed by atoms with E-state index in [4.69, 9.17) is 4.74 Å². The minimum atomic E-state index is -0.300. The van der Waals surface area contributed by atoms with Crippen LogP contribution in [0.1, 0.15) is 44.6 Å². The van der Waals surface area contributed by atoms with E-state index in [0.29, 0.717) is 6.54 Å². The van der Waals surface area contributed by atoms with Gasteiger partial charge in [-0.1, -0.05) is 31.9 Å². The van der Waals surface area contributed by atoms with Crippen molar-refractivity contribution in [3.8, 4) is 5.75 Å². The Bertz CT molecular complexity index is 658. The minimum absolute atomic E-state index is 0. The first-order chi connectivity index (χ1) is 13.5. The molecule has 0 saturated heterocycles. The molecule has 1 aliphatic carbocycles. The molecule has 0 unspecified atom stereocenters. The maximum Gasteiger partial charge on any atom is 0.230 e. The second-order valence-corrected chi connectivity index (χ2v) is 7.79. The van der Waals surface area contributed by atoms with Gasteiger partial charge in [-0.2, -0.15) is 0 Å². The summed E-state index contributed by atoms with van der Waals surface area (Å²) in [7, 11) is 5.45. The molecule has 29 heavy (non-hydrogen) atoms. The third-order valence-corrected chi connectivity index (χ3v) is 5.32. The molecule has 7 heteroatoms. The maximum absolute atomic E-state index is 12.7. The SMILES string of the molecule is CCCOc1cccc(CCNC(=NC)NCC2(C(=O)N(C)C)CCCC2)c1.I. The van der Waals surface area contributed by atoms with Crippen molar-refractivity contribution in [2.45, 2.75) is 45.4 Å². The van der Waals surface area contributed by atoms with Gasteiger partial charge in [-0.05, 0) is 43.4 Å². The molecule has 0 radical (unpaired) electrons. The van der Waals surface area contributed by atoms with E-state index in [9.17, 15) is 4.79 Å². The first-order valence-corrected chi connectivity index (χ1v) is 10.4. The highest BCUT2D eigenvalue weighted by molar-refractivity contribution is 14.0. The molecule has 0 aliphatic heterocycles. The van der Waals surface area contributed by atoms with Crippen molar-refractivity contribution >= 4 is 35.8 Å². The molecule has 1 aliphatic rings. The highest BCUT2D eigenvalue weighted by Gasteiger charge is 2.42. The van der Waals surface area contributed by atoms with Gasteiger partial charge in [0.2, 0.25) is 5.91 Å². The summed E-state index contributed by atoms with van der Waals surface area (Å²) in [6.07, 6.45) is 6.00. The van der Waals surface area contributed by atoms with Crippen LogP contribution in [0.4, 0.5) is 0 Å². The fourth-order valence-electron chi connectivity index (χ4n) is 3.80. The van der Waals surface area contributed by atoms with Gasteiger partial charge in [0.1, 0.15) is 5.75 Å². The molecule has 1 saturated carbocycles. The number of halogens is 1. The summed E-state index contributed by atoms with van der Waals surface area (Å²) in [6.45, 7) is 4.25. The minimum Gasteiger partial charge on any atom is -0.494 e. The van der Waals surface area contributed by atoms with Crippen molar-refractivity contribution in [2.24, 2.45) is 10.4 Å². The molecule has 0 heterocycles. The number of carbonyl (C=O) groups is 1. The van der Waals surface area contributed by atoms with E-state index in [2.05, 4.69) is 34.7 Å². The van der Waals surface area contributed by atoms with Gasteiger partial charge in [0.05, 0.1) is 12.0 Å². The summed E-state index contributed by atoms with van der Waals surface area (Å²) >= 11 is 0. The quantitative estimate of drug-likeness (QED) is 0.300. The molecule has 2 N–H and O–H groups in total. The van der Waals surface area contributed by atoms with Crippen molar-refractivity contribution in [1.82, 2.24) is 15.5 Å². The first kappa shape index (κ1) is 25.5. The smallest absolute Gasteiger partial charge is 0.230 e. The van der Waals surface area contributed by atoms with Crippen molar-refractivity contribution in [3.05, 3.63) is 29.8 Å². The predicted molar refractivity (Wildman–Crippen MR) is 130 cm³/mol. The van der Waals surface area contributed by atoms with Crippen molar-refractivity contribution in [1.29, 1.82) is 0 Å². The second-order valence-electron chi connectivity index (χ2n) is 7.79. The molecule has 6 nitrogen and oxygen atoms in total. The van der Waals surface area contributed by atoms with Gasteiger partial charge in [-0.15, -0.1) is 24.0 Å². The molecule has 1 amide bonds. The van der Waals surface area contributed by atoms with Crippen LogP contribution < -0.4 is 15.4 Å². The Kier molecular flexibility index (Phi) is 11.4. The lowest BCUT2D eigenvalue weighted by molar-refractivity contribution is -0.138. The van der Waals surface area contributed by atoms with E-state index in [1.54, 1.807) is 11.9 Å². The molecule has 0 bridgehead atoms. The zero-order valence-corrected chi connectivity index (χ0v) is 20.6. The third kappa shape index (κ3) is 7.68. The Morgan fingerprint density at radius 1 is 1.24 bits per heavy atom. The van der Waals surface area contributed by atoms with E-state index in [1.165, 1.54) is 5.56 Å². The monoisotopic (exact) mass is 516 g/mol. The number of hydrogen-bond donors (Lipinski definition) is 2. The van der Waals surface area contributed by atoms with E-state index in [-0.39, 0.29) is 35.3 Å². The van der Waals surface area contributed by atoms with Crippen molar-refractivity contribution in [2.75, 3.05) is 40.8 Å². The van der Waals surface area contributed by atoms with Crippen molar-refractivity contribution < 1.29 is 9.53 Å². The maximum atomic E-state index is 12.7. The van der Waals surface area contributed by atoms with Crippen LogP contribution in [0.5, 0.6) is 5.75 Å². The molecule has 1 aromatic carbocycles. The first-order valence-electron chi connectivity index (χ1n) is 10.4. The van der Waals surface area contributed by atoms with Crippen LogP contribution in [-0.4, -0.2) is 57.6 Å². The Labute approximate surface area is 192 Å². The van der Waals surface area contributed by atoms with Gasteiger partial charge in [-0.25, -0.2) is 0 Å². The molecule has 164 valence electrons. The number of benzene rings is 1. The Morgan fingerprint density at radius 3 is 2.59 bits per heavy atom. The van der Waals surface area contributed by atoms with Crippen LogP contribution in [0, 0.1) is 5.41 Å². The second kappa shape index (κ2) is 12.9. The van der Waals surface area contributed by atoms with Crippen LogP contribution in [0.25, 0.3) is 0 Å². The highest BCUT2D eigenvalue weighted by Crippen LogP contribution is 2.38. The van der Waals surface area contributed by atoms with E-state index < -0.39 is 0 Å². The summed E-state index contributed by atoms with van der Waals surface area (Å²) in [5.41, 5.74) is 0.929. The molecule has 0 spiro atoms. The van der Waals surface area contributed by atoms with Crippen LogP contribution in [0.3, 0.4) is 0 Å². The summed E-state index contributed by atoms with van der Waals surface area (Å²) in [5, 5.41) is 6.74. The third-order valence-electron chi connectivity index (χ3n) is 5.32. The standard InChI is InChI=1S/C22H36N4O2.HI/c1-5-15-28-19-10-8-9-18(16-19)11-14-24-21(23-2)25-17-22(12-6-7-13-22)20(27)26(3)4;/h8-10,16H,5-7,11-15,17H2,1-4H3,(H2,23,24,25);1H. The molecule has 2 rings (SSSR count). The summed E-state index contributed by atoms with van der Waals surface area (Å²) < 4.78 is 5.70. The van der Waals surface area contributed by atoms with Gasteiger partial charge in [-0.3, -0.25) is 9.79 Å². The average molecular weight is 516 g/mol. The molecule has 1 fully saturated rings. The van der Waals surface area contributed by atoms with Gasteiger partial charge in [0.15, 0.2) is 5.96 Å². The zero-order valence-electron chi connectivity index (χ0n) is 18.3. The van der Waals surface area contributed by atoms with Gasteiger partial charge in [0.25, 0.3) is 0 Å². The fourth-order valence-corrected chi connectivity index (χ4v) is 3.80. The van der Waals surface area contributed by atoms with Crippen LogP contribution in [-0.2, 0) is 11.2 Å². The largest absolute Gasteiger partial charge is 0.494 e. The number of nitrogens with one attached hydrogen (secondary N) is 2. The number of nitrogens with zero attached hydrogens (tertiary/aromatic N) is 2. The lowest BCUT2D eigenvalue weighted by Gasteiger charge is -2.31. The number of rotatable bonds is 9. The Hall–Kier alpha value is -1.51. The molecule has 0 atom stereocenters. The topological polar surface area (TPSA) is 66.0 Å². The van der Waals surface area contributed by atoms with Crippen LogP contribution >= 0.6 is 24.0 Å². The van der Waals surface area contributed by atoms with Gasteiger partial charge >= 0.3 is 0 Å².